The van der Waals surface area contributed by atoms with Crippen LogP contribution in [0.25, 0.3) is 0 Å². The number of halogens is 1. The minimum absolute atomic E-state index is 0.306. The second kappa shape index (κ2) is 7.32. The second-order valence-electron chi connectivity index (χ2n) is 5.46. The van der Waals surface area contributed by atoms with Crippen molar-refractivity contribution in [2.24, 2.45) is 5.73 Å². The van der Waals surface area contributed by atoms with Gasteiger partial charge in [0.2, 0.25) is 5.91 Å². The lowest BCUT2D eigenvalue weighted by Crippen LogP contribution is -2.13. The van der Waals surface area contributed by atoms with Crippen molar-refractivity contribution >= 4 is 39.7 Å². The summed E-state index contributed by atoms with van der Waals surface area (Å²) in [6.07, 6.45) is 0. The lowest BCUT2D eigenvalue weighted by atomic mass is 10.2. The maximum absolute atomic E-state index is 13.0. The van der Waals surface area contributed by atoms with Crippen LogP contribution >= 0.6 is 11.3 Å². The van der Waals surface area contributed by atoms with Gasteiger partial charge in [0, 0.05) is 16.9 Å². The number of aryl methyl sites for hydroxylation is 1. The molecule has 26 heavy (non-hydrogen) atoms. The van der Waals surface area contributed by atoms with Crippen molar-refractivity contribution in [3.63, 3.8) is 0 Å². The van der Waals surface area contributed by atoms with Gasteiger partial charge in [-0.3, -0.25) is 9.59 Å². The predicted octanol–water partition coefficient (Wildman–Crippen LogP) is 3.69. The molecule has 2 aromatic carbocycles. The summed E-state index contributed by atoms with van der Waals surface area (Å²) >= 11 is 1.19. The van der Waals surface area contributed by atoms with Crippen LogP contribution in [0.1, 0.15) is 25.7 Å². The van der Waals surface area contributed by atoms with Gasteiger partial charge in [0.05, 0.1) is 5.69 Å². The SMILES string of the molecule is Cc1nc(Nc2ccc(F)cc2)sc1C(=O)Nc1ccc(C(N)=O)cc1. The van der Waals surface area contributed by atoms with Gasteiger partial charge in [-0.15, -0.1) is 0 Å². The first-order valence-electron chi connectivity index (χ1n) is 7.63. The Kier molecular flexibility index (Phi) is 4.94. The largest absolute Gasteiger partial charge is 0.366 e. The van der Waals surface area contributed by atoms with Gasteiger partial charge < -0.3 is 16.4 Å². The van der Waals surface area contributed by atoms with Crippen molar-refractivity contribution < 1.29 is 14.0 Å². The van der Waals surface area contributed by atoms with Crippen LogP contribution in [0, 0.1) is 12.7 Å². The van der Waals surface area contributed by atoms with Gasteiger partial charge in [-0.05, 0) is 55.5 Å². The number of thiazole rings is 1. The van der Waals surface area contributed by atoms with Gasteiger partial charge in [0.25, 0.3) is 5.91 Å². The maximum atomic E-state index is 13.0. The van der Waals surface area contributed by atoms with Crippen molar-refractivity contribution in [1.82, 2.24) is 4.98 Å². The van der Waals surface area contributed by atoms with Gasteiger partial charge in [-0.2, -0.15) is 0 Å². The van der Waals surface area contributed by atoms with Gasteiger partial charge in [-0.25, -0.2) is 9.37 Å². The van der Waals surface area contributed by atoms with Crippen LogP contribution in [0.4, 0.5) is 20.9 Å². The molecule has 0 saturated heterocycles. The summed E-state index contributed by atoms with van der Waals surface area (Å²) in [5.74, 6) is -1.16. The zero-order chi connectivity index (χ0) is 18.7. The summed E-state index contributed by atoms with van der Waals surface area (Å²) in [6, 6.07) is 12.1. The molecule has 2 amide bonds. The zero-order valence-electron chi connectivity index (χ0n) is 13.7. The average Bonchev–Trinajstić information content (AvgIpc) is 2.98. The number of benzene rings is 2. The van der Waals surface area contributed by atoms with E-state index in [-0.39, 0.29) is 11.7 Å². The number of primary amides is 1. The molecular weight excluding hydrogens is 355 g/mol. The fraction of sp³-hybridized carbons (Fsp3) is 0.0556. The summed E-state index contributed by atoms with van der Waals surface area (Å²) in [4.78, 5) is 28.3. The van der Waals surface area contributed by atoms with Crippen LogP contribution in [0.5, 0.6) is 0 Å². The molecule has 0 atom stereocenters. The summed E-state index contributed by atoms with van der Waals surface area (Å²) in [5.41, 5.74) is 7.35. The summed E-state index contributed by atoms with van der Waals surface area (Å²) < 4.78 is 13.0. The summed E-state index contributed by atoms with van der Waals surface area (Å²) in [5, 5.41) is 6.32. The third kappa shape index (κ3) is 4.04. The Bertz CT molecular complexity index is 952. The van der Waals surface area contributed by atoms with E-state index in [9.17, 15) is 14.0 Å². The number of anilines is 3. The molecule has 3 rings (SSSR count). The highest BCUT2D eigenvalue weighted by Crippen LogP contribution is 2.26. The summed E-state index contributed by atoms with van der Waals surface area (Å²) in [6.45, 7) is 1.73. The van der Waals surface area contributed by atoms with Crippen molar-refractivity contribution in [1.29, 1.82) is 0 Å². The first kappa shape index (κ1) is 17.6. The fourth-order valence-corrected chi connectivity index (χ4v) is 3.10. The van der Waals surface area contributed by atoms with Crippen LogP contribution < -0.4 is 16.4 Å². The molecule has 8 heteroatoms. The molecular formula is C18H15FN4O2S. The van der Waals surface area contributed by atoms with Crippen molar-refractivity contribution in [2.45, 2.75) is 6.92 Å². The third-order valence-electron chi connectivity index (χ3n) is 3.53. The van der Waals surface area contributed by atoms with E-state index in [1.807, 2.05) is 0 Å². The van der Waals surface area contributed by atoms with E-state index >= 15 is 0 Å². The van der Waals surface area contributed by atoms with E-state index in [1.165, 1.54) is 23.5 Å². The number of aromatic nitrogens is 1. The smallest absolute Gasteiger partial charge is 0.267 e. The molecule has 0 spiro atoms. The second-order valence-corrected chi connectivity index (χ2v) is 6.46. The van der Waals surface area contributed by atoms with E-state index < -0.39 is 5.91 Å². The highest BCUT2D eigenvalue weighted by Gasteiger charge is 2.16. The maximum Gasteiger partial charge on any atom is 0.267 e. The van der Waals surface area contributed by atoms with E-state index in [0.29, 0.717) is 32.6 Å². The van der Waals surface area contributed by atoms with Gasteiger partial charge in [0.15, 0.2) is 5.13 Å². The van der Waals surface area contributed by atoms with Crippen molar-refractivity contribution in [3.8, 4) is 0 Å². The number of carbonyl (C=O) groups is 2. The first-order chi connectivity index (χ1) is 12.4. The Morgan fingerprint density at radius 2 is 1.65 bits per heavy atom. The number of hydrogen-bond donors (Lipinski definition) is 3. The summed E-state index contributed by atoms with van der Waals surface area (Å²) in [7, 11) is 0. The molecule has 0 aliphatic rings. The average molecular weight is 370 g/mol. The molecule has 0 unspecified atom stereocenters. The van der Waals surface area contributed by atoms with Crippen LogP contribution in [0.15, 0.2) is 48.5 Å². The molecule has 1 heterocycles. The van der Waals surface area contributed by atoms with Crippen LogP contribution in [0.2, 0.25) is 0 Å². The highest BCUT2D eigenvalue weighted by atomic mass is 32.1. The zero-order valence-corrected chi connectivity index (χ0v) is 14.6. The Morgan fingerprint density at radius 3 is 2.27 bits per heavy atom. The van der Waals surface area contributed by atoms with E-state index in [4.69, 9.17) is 5.73 Å². The Morgan fingerprint density at radius 1 is 1.04 bits per heavy atom. The Labute approximate surface area is 152 Å². The number of rotatable bonds is 5. The molecule has 0 radical (unpaired) electrons. The molecule has 3 aromatic rings. The van der Waals surface area contributed by atoms with Gasteiger partial charge >= 0.3 is 0 Å². The van der Waals surface area contributed by atoms with Crippen LogP contribution in [0.3, 0.4) is 0 Å². The lowest BCUT2D eigenvalue weighted by Gasteiger charge is -2.04. The van der Waals surface area contributed by atoms with E-state index in [2.05, 4.69) is 15.6 Å². The molecule has 0 saturated carbocycles. The first-order valence-corrected chi connectivity index (χ1v) is 8.45. The topological polar surface area (TPSA) is 97.1 Å². The number of hydrogen-bond acceptors (Lipinski definition) is 5. The molecule has 132 valence electrons. The molecule has 0 aliphatic carbocycles. The van der Waals surface area contributed by atoms with Gasteiger partial charge in [-0.1, -0.05) is 11.3 Å². The molecule has 0 bridgehead atoms. The van der Waals surface area contributed by atoms with E-state index in [0.717, 1.165) is 0 Å². The Balaban J connectivity index is 1.72. The number of amides is 2. The number of nitrogens with zero attached hydrogens (tertiary/aromatic N) is 1. The quantitative estimate of drug-likeness (QED) is 0.638. The minimum Gasteiger partial charge on any atom is -0.366 e. The highest BCUT2D eigenvalue weighted by molar-refractivity contribution is 7.17. The molecule has 6 nitrogen and oxygen atoms in total. The number of nitrogens with two attached hydrogens (primary N) is 1. The third-order valence-corrected chi connectivity index (χ3v) is 4.60. The predicted molar refractivity (Wildman–Crippen MR) is 99.4 cm³/mol. The Hall–Kier alpha value is -3.26. The fourth-order valence-electron chi connectivity index (χ4n) is 2.22. The van der Waals surface area contributed by atoms with Gasteiger partial charge in [0.1, 0.15) is 10.7 Å². The standard InChI is InChI=1S/C18H15FN4O2S/c1-10-15(17(25)22-13-6-2-11(3-7-13)16(20)24)26-18(21-10)23-14-8-4-12(19)5-9-14/h2-9H,1H3,(H2,20,24)(H,21,23)(H,22,25). The molecule has 1 aromatic heterocycles. The molecule has 4 N–H and O–H groups in total. The minimum atomic E-state index is -0.530. The van der Waals surface area contributed by atoms with Crippen LogP contribution in [-0.4, -0.2) is 16.8 Å². The van der Waals surface area contributed by atoms with Crippen molar-refractivity contribution in [2.75, 3.05) is 10.6 Å². The number of carbonyl (C=O) groups excluding carboxylic acids is 2. The molecule has 0 fully saturated rings. The number of nitrogens with one attached hydrogen (secondary N) is 2. The normalized spacial score (nSPS) is 10.4. The van der Waals surface area contributed by atoms with Crippen LogP contribution in [-0.2, 0) is 0 Å². The molecule has 0 aliphatic heterocycles. The monoisotopic (exact) mass is 370 g/mol. The van der Waals surface area contributed by atoms with E-state index in [1.54, 1.807) is 43.3 Å². The van der Waals surface area contributed by atoms with Crippen molar-refractivity contribution in [3.05, 3.63) is 70.5 Å². The lowest BCUT2D eigenvalue weighted by molar-refractivity contribution is 0.0998.